The lowest BCUT2D eigenvalue weighted by molar-refractivity contribution is -0.154. The molecule has 0 aliphatic rings. The van der Waals surface area contributed by atoms with Crippen molar-refractivity contribution in [3.63, 3.8) is 0 Å². The number of hydrogen-bond acceptors (Lipinski definition) is 3. The Kier molecular flexibility index (Phi) is 6.78. The van der Waals surface area contributed by atoms with Gasteiger partial charge in [-0.15, -0.1) is 0 Å². The van der Waals surface area contributed by atoms with E-state index in [1.807, 2.05) is 36.4 Å². The van der Waals surface area contributed by atoms with Gasteiger partial charge in [0.25, 0.3) is 5.91 Å². The van der Waals surface area contributed by atoms with Crippen LogP contribution in [0.1, 0.15) is 18.1 Å². The first-order valence-corrected chi connectivity index (χ1v) is 8.27. The third kappa shape index (κ3) is 5.76. The zero-order chi connectivity index (χ0) is 18.2. The van der Waals surface area contributed by atoms with Gasteiger partial charge in [0.1, 0.15) is 0 Å². The van der Waals surface area contributed by atoms with E-state index in [0.29, 0.717) is 17.1 Å². The largest absolute Gasteiger partial charge is 0.449 e. The molecule has 5 heteroatoms. The van der Waals surface area contributed by atoms with Crippen molar-refractivity contribution >= 4 is 29.6 Å². The van der Waals surface area contributed by atoms with Crippen LogP contribution in [0.4, 0.5) is 0 Å². The normalized spacial score (nSPS) is 12.0. The van der Waals surface area contributed by atoms with Gasteiger partial charge in [0.15, 0.2) is 6.10 Å². The van der Waals surface area contributed by atoms with Crippen LogP contribution in [0.5, 0.6) is 0 Å². The zero-order valence-electron chi connectivity index (χ0n) is 14.2. The number of carbonyl (C=O) groups is 2. The van der Waals surface area contributed by atoms with Crippen molar-refractivity contribution in [1.29, 1.82) is 0 Å². The fourth-order valence-electron chi connectivity index (χ4n) is 2.28. The monoisotopic (exact) mass is 357 g/mol. The van der Waals surface area contributed by atoms with Gasteiger partial charge in [0, 0.05) is 24.7 Å². The van der Waals surface area contributed by atoms with Crippen LogP contribution < -0.4 is 0 Å². The second-order valence-corrected chi connectivity index (χ2v) is 6.02. The molecule has 2 aromatic rings. The molecule has 4 nitrogen and oxygen atoms in total. The molecule has 0 aliphatic heterocycles. The SMILES string of the molecule is C[C@@H](OC(=O)/C=C/c1ccccc1Cl)C(=O)N(C)Cc1ccccc1. The lowest BCUT2D eigenvalue weighted by Gasteiger charge is -2.21. The van der Waals surface area contributed by atoms with Crippen LogP contribution in [0.15, 0.2) is 60.7 Å². The van der Waals surface area contributed by atoms with Gasteiger partial charge in [-0.1, -0.05) is 60.1 Å². The average Bonchev–Trinajstić information content (AvgIpc) is 2.61. The van der Waals surface area contributed by atoms with Crippen LogP contribution in [-0.4, -0.2) is 29.9 Å². The van der Waals surface area contributed by atoms with E-state index in [2.05, 4.69) is 0 Å². The first kappa shape index (κ1) is 18.7. The lowest BCUT2D eigenvalue weighted by atomic mass is 10.2. The topological polar surface area (TPSA) is 46.6 Å². The molecular weight excluding hydrogens is 338 g/mol. The van der Waals surface area contributed by atoms with Gasteiger partial charge in [-0.05, 0) is 30.2 Å². The number of amides is 1. The summed E-state index contributed by atoms with van der Waals surface area (Å²) in [7, 11) is 1.68. The first-order chi connectivity index (χ1) is 12.0. The molecule has 0 spiro atoms. The first-order valence-electron chi connectivity index (χ1n) is 7.89. The Bertz CT molecular complexity index is 759. The number of halogens is 1. The standard InChI is InChI=1S/C20H20ClNO3/c1-15(20(24)22(2)14-16-8-4-3-5-9-16)25-19(23)13-12-17-10-6-7-11-18(17)21/h3-13,15H,14H2,1-2H3/b13-12+/t15-/m1/s1. The van der Waals surface area contributed by atoms with Crippen molar-refractivity contribution in [3.05, 3.63) is 76.8 Å². The number of benzene rings is 2. The molecule has 0 saturated carbocycles. The third-order valence-corrected chi connectivity index (χ3v) is 3.93. The van der Waals surface area contributed by atoms with Crippen molar-refractivity contribution in [2.75, 3.05) is 7.05 Å². The Hall–Kier alpha value is -2.59. The maximum atomic E-state index is 12.3. The molecule has 2 aromatic carbocycles. The molecule has 0 saturated heterocycles. The fourth-order valence-corrected chi connectivity index (χ4v) is 2.48. The van der Waals surface area contributed by atoms with Gasteiger partial charge < -0.3 is 9.64 Å². The number of esters is 1. The van der Waals surface area contributed by atoms with Crippen LogP contribution in [0.25, 0.3) is 6.08 Å². The molecule has 0 unspecified atom stereocenters. The Morgan fingerprint density at radius 1 is 1.12 bits per heavy atom. The molecule has 0 radical (unpaired) electrons. The molecule has 0 heterocycles. The summed E-state index contributed by atoms with van der Waals surface area (Å²) < 4.78 is 5.17. The predicted octanol–water partition coefficient (Wildman–Crippen LogP) is 3.94. The Labute approximate surface area is 152 Å². The maximum Gasteiger partial charge on any atom is 0.331 e. The van der Waals surface area contributed by atoms with Crippen molar-refractivity contribution in [3.8, 4) is 0 Å². The molecule has 0 aliphatic carbocycles. The summed E-state index contributed by atoms with van der Waals surface area (Å²) in [5.41, 5.74) is 1.72. The molecule has 1 amide bonds. The Morgan fingerprint density at radius 2 is 1.76 bits per heavy atom. The number of hydrogen-bond donors (Lipinski definition) is 0. The van der Waals surface area contributed by atoms with E-state index in [9.17, 15) is 9.59 Å². The molecule has 0 aromatic heterocycles. The summed E-state index contributed by atoms with van der Waals surface area (Å²) in [5.74, 6) is -0.850. The van der Waals surface area contributed by atoms with Gasteiger partial charge >= 0.3 is 5.97 Å². The van der Waals surface area contributed by atoms with Gasteiger partial charge in [-0.3, -0.25) is 4.79 Å². The summed E-state index contributed by atoms with van der Waals surface area (Å²) in [6.45, 7) is 2.02. The molecular formula is C20H20ClNO3. The maximum absolute atomic E-state index is 12.3. The summed E-state index contributed by atoms with van der Waals surface area (Å²) in [4.78, 5) is 25.7. The third-order valence-electron chi connectivity index (χ3n) is 3.58. The smallest absolute Gasteiger partial charge is 0.331 e. The molecule has 130 valence electrons. The summed E-state index contributed by atoms with van der Waals surface area (Å²) in [6, 6.07) is 16.8. The van der Waals surface area contributed by atoms with Crippen molar-refractivity contribution in [2.45, 2.75) is 19.6 Å². The minimum Gasteiger partial charge on any atom is -0.449 e. The van der Waals surface area contributed by atoms with Crippen molar-refractivity contribution in [1.82, 2.24) is 4.90 Å². The van der Waals surface area contributed by atoms with Crippen molar-refractivity contribution < 1.29 is 14.3 Å². The minimum absolute atomic E-state index is 0.261. The van der Waals surface area contributed by atoms with E-state index in [1.165, 1.54) is 11.0 Å². The van der Waals surface area contributed by atoms with Gasteiger partial charge in [0.05, 0.1) is 0 Å². The van der Waals surface area contributed by atoms with E-state index in [4.69, 9.17) is 16.3 Å². The van der Waals surface area contributed by atoms with E-state index >= 15 is 0 Å². The molecule has 0 N–H and O–H groups in total. The second-order valence-electron chi connectivity index (χ2n) is 5.61. The number of carbonyl (C=O) groups excluding carboxylic acids is 2. The predicted molar refractivity (Wildman–Crippen MR) is 99.0 cm³/mol. The Balaban J connectivity index is 1.89. The highest BCUT2D eigenvalue weighted by molar-refractivity contribution is 6.32. The molecule has 2 rings (SSSR count). The van der Waals surface area contributed by atoms with E-state index in [1.54, 1.807) is 38.2 Å². The molecule has 1 atom stereocenters. The number of rotatable bonds is 6. The van der Waals surface area contributed by atoms with Crippen molar-refractivity contribution in [2.24, 2.45) is 0 Å². The van der Waals surface area contributed by atoms with E-state index < -0.39 is 12.1 Å². The molecule has 0 fully saturated rings. The van der Waals surface area contributed by atoms with Gasteiger partial charge in [-0.2, -0.15) is 0 Å². The highest BCUT2D eigenvalue weighted by Crippen LogP contribution is 2.16. The van der Waals surface area contributed by atoms with Gasteiger partial charge in [-0.25, -0.2) is 4.79 Å². The number of nitrogens with zero attached hydrogens (tertiary/aromatic N) is 1. The highest BCUT2D eigenvalue weighted by Gasteiger charge is 2.20. The van der Waals surface area contributed by atoms with Crippen LogP contribution in [0.3, 0.4) is 0 Å². The molecule has 0 bridgehead atoms. The molecule has 25 heavy (non-hydrogen) atoms. The van der Waals surface area contributed by atoms with E-state index in [0.717, 1.165) is 5.56 Å². The minimum atomic E-state index is -0.864. The van der Waals surface area contributed by atoms with Crippen LogP contribution in [0.2, 0.25) is 5.02 Å². The number of likely N-dealkylation sites (N-methyl/N-ethyl adjacent to an activating group) is 1. The summed E-state index contributed by atoms with van der Waals surface area (Å²) in [5, 5.41) is 0.540. The fraction of sp³-hybridized carbons (Fsp3) is 0.200. The lowest BCUT2D eigenvalue weighted by Crippen LogP contribution is -2.36. The second kappa shape index (κ2) is 9.04. The zero-order valence-corrected chi connectivity index (χ0v) is 14.9. The summed E-state index contributed by atoms with van der Waals surface area (Å²) >= 11 is 6.02. The van der Waals surface area contributed by atoms with Crippen LogP contribution in [-0.2, 0) is 20.9 Å². The Morgan fingerprint density at radius 3 is 2.44 bits per heavy atom. The number of ether oxygens (including phenoxy) is 1. The highest BCUT2D eigenvalue weighted by atomic mass is 35.5. The average molecular weight is 358 g/mol. The van der Waals surface area contributed by atoms with Crippen LogP contribution >= 0.6 is 11.6 Å². The van der Waals surface area contributed by atoms with Gasteiger partial charge in [0.2, 0.25) is 0 Å². The van der Waals surface area contributed by atoms with E-state index in [-0.39, 0.29) is 5.91 Å². The summed E-state index contributed by atoms with van der Waals surface area (Å²) in [6.07, 6.45) is 1.97. The quantitative estimate of drug-likeness (QED) is 0.581. The van der Waals surface area contributed by atoms with Crippen LogP contribution in [0, 0.1) is 0 Å².